The molecule has 0 radical (unpaired) electrons. The summed E-state index contributed by atoms with van der Waals surface area (Å²) in [7, 11) is 0. The fourth-order valence-electron chi connectivity index (χ4n) is 3.05. The van der Waals surface area contributed by atoms with Gasteiger partial charge in [-0.2, -0.15) is 5.10 Å². The molecule has 0 fully saturated rings. The van der Waals surface area contributed by atoms with Gasteiger partial charge in [-0.1, -0.05) is 0 Å². The molecule has 3 heterocycles. The Morgan fingerprint density at radius 2 is 2.17 bits per heavy atom. The summed E-state index contributed by atoms with van der Waals surface area (Å²) in [5.41, 5.74) is 8.39. The first-order valence-corrected chi connectivity index (χ1v) is 7.56. The van der Waals surface area contributed by atoms with Gasteiger partial charge in [-0.3, -0.25) is 19.3 Å². The molecule has 0 bridgehead atoms. The number of amides is 1. The molecule has 2 aromatic heterocycles. The Morgan fingerprint density at radius 1 is 1.43 bits per heavy atom. The number of nitrogen functional groups attached to an aromatic ring is 1. The quantitative estimate of drug-likeness (QED) is 0.828. The number of aromatic nitrogens is 4. The third-order valence-electron chi connectivity index (χ3n) is 4.17. The normalized spacial score (nSPS) is 15.3. The highest BCUT2D eigenvalue weighted by Crippen LogP contribution is 2.19. The monoisotopic (exact) mass is 316 g/mol. The Morgan fingerprint density at radius 3 is 2.83 bits per heavy atom. The van der Waals surface area contributed by atoms with Crippen molar-refractivity contribution in [2.45, 2.75) is 39.8 Å². The summed E-state index contributed by atoms with van der Waals surface area (Å²) in [4.78, 5) is 33.0. The van der Waals surface area contributed by atoms with E-state index in [1.165, 1.54) is 0 Å². The van der Waals surface area contributed by atoms with Crippen molar-refractivity contribution in [2.75, 3.05) is 12.3 Å². The van der Waals surface area contributed by atoms with Gasteiger partial charge in [-0.25, -0.2) is 4.98 Å². The standard InChI is InChI=1S/C15H20N6O2/c1-8-6-9(2)21(19-8)10(3)14(23)20-5-4-11-12(7-20)17-15(16)18-13(11)22/h6,10H,4-5,7H2,1-3H3,(H3,16,17,18,22). The maximum absolute atomic E-state index is 12.8. The van der Waals surface area contributed by atoms with E-state index < -0.39 is 6.04 Å². The first kappa shape index (κ1) is 15.3. The van der Waals surface area contributed by atoms with Crippen molar-refractivity contribution in [3.8, 4) is 0 Å². The lowest BCUT2D eigenvalue weighted by Gasteiger charge is -2.30. The summed E-state index contributed by atoms with van der Waals surface area (Å²) in [6.45, 7) is 6.45. The smallest absolute Gasteiger partial charge is 0.255 e. The first-order chi connectivity index (χ1) is 10.9. The Hall–Kier alpha value is -2.64. The lowest BCUT2D eigenvalue weighted by molar-refractivity contribution is -0.135. The van der Waals surface area contributed by atoms with Crippen LogP contribution in [0.1, 0.15) is 35.6 Å². The number of nitrogens with zero attached hydrogens (tertiary/aromatic N) is 4. The van der Waals surface area contributed by atoms with Gasteiger partial charge in [0.1, 0.15) is 6.04 Å². The summed E-state index contributed by atoms with van der Waals surface area (Å²) >= 11 is 0. The Bertz CT molecular complexity index is 822. The third-order valence-corrected chi connectivity index (χ3v) is 4.17. The minimum Gasteiger partial charge on any atom is -0.369 e. The molecule has 2 aromatic rings. The Labute approximate surface area is 133 Å². The van der Waals surface area contributed by atoms with Crippen LogP contribution in [0.2, 0.25) is 0 Å². The van der Waals surface area contributed by atoms with Crippen LogP contribution in [0.4, 0.5) is 5.95 Å². The molecule has 0 saturated carbocycles. The molecule has 0 aliphatic carbocycles. The topological polar surface area (TPSA) is 110 Å². The molecule has 0 saturated heterocycles. The fourth-order valence-corrected chi connectivity index (χ4v) is 3.05. The molecule has 122 valence electrons. The average molecular weight is 316 g/mol. The SMILES string of the molecule is Cc1cc(C)n(C(C)C(=O)N2CCc3c(nc(N)[nH]c3=O)C2)n1. The number of carbonyl (C=O) groups excluding carboxylic acids is 1. The van der Waals surface area contributed by atoms with E-state index in [0.29, 0.717) is 30.8 Å². The van der Waals surface area contributed by atoms with E-state index in [1.807, 2.05) is 26.8 Å². The number of carbonyl (C=O) groups is 1. The van der Waals surface area contributed by atoms with Crippen LogP contribution in [-0.2, 0) is 17.8 Å². The highest BCUT2D eigenvalue weighted by molar-refractivity contribution is 5.80. The van der Waals surface area contributed by atoms with E-state index in [4.69, 9.17) is 5.73 Å². The maximum atomic E-state index is 12.8. The Kier molecular flexibility index (Phi) is 3.67. The molecule has 8 nitrogen and oxygen atoms in total. The molecule has 0 spiro atoms. The van der Waals surface area contributed by atoms with E-state index in [2.05, 4.69) is 15.1 Å². The molecule has 0 aromatic carbocycles. The van der Waals surface area contributed by atoms with Crippen molar-refractivity contribution in [3.63, 3.8) is 0 Å². The minimum atomic E-state index is -0.399. The zero-order valence-electron chi connectivity index (χ0n) is 13.5. The summed E-state index contributed by atoms with van der Waals surface area (Å²) in [5, 5.41) is 4.38. The predicted octanol–water partition coefficient (Wildman–Crippen LogP) is 0.311. The molecule has 23 heavy (non-hydrogen) atoms. The number of nitrogens with one attached hydrogen (secondary N) is 1. The van der Waals surface area contributed by atoms with E-state index in [-0.39, 0.29) is 17.4 Å². The van der Waals surface area contributed by atoms with Gasteiger partial charge in [-0.05, 0) is 33.3 Å². The lowest BCUT2D eigenvalue weighted by Crippen LogP contribution is -2.42. The van der Waals surface area contributed by atoms with E-state index >= 15 is 0 Å². The van der Waals surface area contributed by atoms with Gasteiger partial charge in [0, 0.05) is 17.8 Å². The molecular weight excluding hydrogens is 296 g/mol. The summed E-state index contributed by atoms with van der Waals surface area (Å²) in [6, 6.07) is 1.54. The van der Waals surface area contributed by atoms with Crippen molar-refractivity contribution in [1.82, 2.24) is 24.6 Å². The van der Waals surface area contributed by atoms with Gasteiger partial charge in [0.05, 0.1) is 17.9 Å². The number of aryl methyl sites for hydroxylation is 2. The van der Waals surface area contributed by atoms with Crippen molar-refractivity contribution >= 4 is 11.9 Å². The van der Waals surface area contributed by atoms with Crippen LogP contribution in [0.3, 0.4) is 0 Å². The number of fused-ring (bicyclic) bond motifs is 1. The molecule has 1 amide bonds. The van der Waals surface area contributed by atoms with Crippen LogP contribution in [0.5, 0.6) is 0 Å². The average Bonchev–Trinajstić information content (AvgIpc) is 2.83. The third kappa shape index (κ3) is 2.71. The first-order valence-electron chi connectivity index (χ1n) is 7.56. The van der Waals surface area contributed by atoms with Crippen LogP contribution in [-0.4, -0.2) is 37.1 Å². The second-order valence-electron chi connectivity index (χ2n) is 5.93. The van der Waals surface area contributed by atoms with Crippen LogP contribution >= 0.6 is 0 Å². The van der Waals surface area contributed by atoms with Crippen molar-refractivity contribution in [1.29, 1.82) is 0 Å². The molecule has 1 unspecified atom stereocenters. The van der Waals surface area contributed by atoms with Crippen molar-refractivity contribution in [2.24, 2.45) is 0 Å². The highest BCUT2D eigenvalue weighted by Gasteiger charge is 2.28. The summed E-state index contributed by atoms with van der Waals surface area (Å²) in [5.74, 6) is 0.0390. The van der Waals surface area contributed by atoms with E-state index in [0.717, 1.165) is 11.4 Å². The molecular formula is C15H20N6O2. The zero-order chi connectivity index (χ0) is 16.7. The molecule has 1 aliphatic heterocycles. The second kappa shape index (κ2) is 5.53. The number of H-pyrrole nitrogens is 1. The largest absolute Gasteiger partial charge is 0.369 e. The van der Waals surface area contributed by atoms with Gasteiger partial charge in [0.2, 0.25) is 11.9 Å². The van der Waals surface area contributed by atoms with Gasteiger partial charge >= 0.3 is 0 Å². The number of hydrogen-bond donors (Lipinski definition) is 2. The number of nitrogens with two attached hydrogens (primary N) is 1. The van der Waals surface area contributed by atoms with Crippen LogP contribution in [0.25, 0.3) is 0 Å². The van der Waals surface area contributed by atoms with Gasteiger partial charge in [-0.15, -0.1) is 0 Å². The summed E-state index contributed by atoms with van der Waals surface area (Å²) < 4.78 is 1.73. The summed E-state index contributed by atoms with van der Waals surface area (Å²) in [6.07, 6.45) is 0.480. The van der Waals surface area contributed by atoms with Crippen molar-refractivity contribution in [3.05, 3.63) is 39.1 Å². The number of anilines is 1. The van der Waals surface area contributed by atoms with Gasteiger partial charge < -0.3 is 10.6 Å². The highest BCUT2D eigenvalue weighted by atomic mass is 16.2. The maximum Gasteiger partial charge on any atom is 0.255 e. The van der Waals surface area contributed by atoms with Crippen LogP contribution in [0.15, 0.2) is 10.9 Å². The minimum absolute atomic E-state index is 0.0393. The molecule has 3 rings (SSSR count). The molecule has 3 N–H and O–H groups in total. The number of aromatic amines is 1. The van der Waals surface area contributed by atoms with Crippen molar-refractivity contribution < 1.29 is 4.79 Å². The molecule has 8 heteroatoms. The van der Waals surface area contributed by atoms with Crippen LogP contribution < -0.4 is 11.3 Å². The Balaban J connectivity index is 1.84. The second-order valence-corrected chi connectivity index (χ2v) is 5.93. The van der Waals surface area contributed by atoms with Gasteiger partial charge in [0.15, 0.2) is 0 Å². The zero-order valence-corrected chi connectivity index (χ0v) is 13.5. The molecule has 1 atom stereocenters. The number of hydrogen-bond acceptors (Lipinski definition) is 5. The predicted molar refractivity (Wildman–Crippen MR) is 84.8 cm³/mol. The van der Waals surface area contributed by atoms with E-state index in [1.54, 1.807) is 9.58 Å². The van der Waals surface area contributed by atoms with Crippen LogP contribution in [0, 0.1) is 13.8 Å². The van der Waals surface area contributed by atoms with Gasteiger partial charge in [0.25, 0.3) is 5.56 Å². The van der Waals surface area contributed by atoms with E-state index in [9.17, 15) is 9.59 Å². The molecule has 1 aliphatic rings. The number of rotatable bonds is 2. The lowest BCUT2D eigenvalue weighted by atomic mass is 10.1. The fraction of sp³-hybridized carbons (Fsp3) is 0.467.